The van der Waals surface area contributed by atoms with Crippen LogP contribution in [0, 0.1) is 0 Å². The van der Waals surface area contributed by atoms with E-state index in [1.165, 1.54) is 42.1 Å². The van der Waals surface area contributed by atoms with Crippen molar-refractivity contribution in [1.82, 2.24) is 4.57 Å². The lowest BCUT2D eigenvalue weighted by Crippen LogP contribution is -2.06. The summed E-state index contributed by atoms with van der Waals surface area (Å²) in [6.45, 7) is 2.05. The molecular weight excluding hydrogens is 208 g/mol. The van der Waals surface area contributed by atoms with Crippen molar-refractivity contribution in [3.05, 3.63) is 36.0 Å². The molecule has 2 aromatic rings. The molecular formula is C15H20N2. The van der Waals surface area contributed by atoms with Crippen LogP contribution >= 0.6 is 0 Å². The van der Waals surface area contributed by atoms with Gasteiger partial charge in [-0.1, -0.05) is 25.0 Å². The van der Waals surface area contributed by atoms with Crippen LogP contribution in [0.5, 0.6) is 0 Å². The maximum Gasteiger partial charge on any atom is 0.0486 e. The first kappa shape index (κ1) is 10.8. The average molecular weight is 228 g/mol. The van der Waals surface area contributed by atoms with Gasteiger partial charge < -0.3 is 10.3 Å². The molecule has 1 fully saturated rings. The first-order valence-electron chi connectivity index (χ1n) is 6.62. The summed E-state index contributed by atoms with van der Waals surface area (Å²) in [7, 11) is 0. The molecule has 0 saturated heterocycles. The van der Waals surface area contributed by atoms with Gasteiger partial charge >= 0.3 is 0 Å². The van der Waals surface area contributed by atoms with Gasteiger partial charge in [0.25, 0.3) is 0 Å². The summed E-state index contributed by atoms with van der Waals surface area (Å²) in [6.07, 6.45) is 7.64. The average Bonchev–Trinajstić information content (AvgIpc) is 2.96. The Morgan fingerprint density at radius 3 is 2.71 bits per heavy atom. The standard InChI is InChI=1S/C15H20N2/c1-11(16)13-7-6-12-8-9-17(15(12)10-13)14-4-2-3-5-14/h6-11,14H,2-5,16H2,1H3. The van der Waals surface area contributed by atoms with E-state index in [1.807, 2.05) is 6.92 Å². The van der Waals surface area contributed by atoms with Crippen molar-refractivity contribution in [2.45, 2.75) is 44.7 Å². The first-order chi connectivity index (χ1) is 8.25. The van der Waals surface area contributed by atoms with E-state index in [0.717, 1.165) is 0 Å². The van der Waals surface area contributed by atoms with Gasteiger partial charge in [0.15, 0.2) is 0 Å². The van der Waals surface area contributed by atoms with E-state index < -0.39 is 0 Å². The highest BCUT2D eigenvalue weighted by atomic mass is 15.0. The molecule has 0 radical (unpaired) electrons. The van der Waals surface area contributed by atoms with Crippen molar-refractivity contribution in [3.63, 3.8) is 0 Å². The molecule has 0 amide bonds. The Hall–Kier alpha value is -1.28. The monoisotopic (exact) mass is 228 g/mol. The van der Waals surface area contributed by atoms with Gasteiger partial charge in [0.05, 0.1) is 0 Å². The van der Waals surface area contributed by atoms with Gasteiger partial charge in [-0.2, -0.15) is 0 Å². The van der Waals surface area contributed by atoms with Crippen molar-refractivity contribution in [1.29, 1.82) is 0 Å². The van der Waals surface area contributed by atoms with E-state index in [2.05, 4.69) is 35.0 Å². The number of hydrogen-bond donors (Lipinski definition) is 1. The lowest BCUT2D eigenvalue weighted by atomic mass is 10.1. The third-order valence-electron chi connectivity index (χ3n) is 3.99. The maximum absolute atomic E-state index is 5.97. The maximum atomic E-state index is 5.97. The van der Waals surface area contributed by atoms with Gasteiger partial charge in [0, 0.05) is 23.8 Å². The van der Waals surface area contributed by atoms with Crippen LogP contribution in [0.15, 0.2) is 30.5 Å². The molecule has 90 valence electrons. The second kappa shape index (κ2) is 4.19. The predicted molar refractivity (Wildman–Crippen MR) is 72.0 cm³/mol. The summed E-state index contributed by atoms with van der Waals surface area (Å²) in [5.41, 5.74) is 8.55. The second-order valence-corrected chi connectivity index (χ2v) is 5.27. The molecule has 1 unspecified atom stereocenters. The molecule has 1 aromatic carbocycles. The van der Waals surface area contributed by atoms with Crippen LogP contribution in [0.25, 0.3) is 10.9 Å². The van der Waals surface area contributed by atoms with E-state index in [-0.39, 0.29) is 6.04 Å². The zero-order chi connectivity index (χ0) is 11.8. The van der Waals surface area contributed by atoms with Crippen LogP contribution in [0.1, 0.15) is 50.3 Å². The number of hydrogen-bond acceptors (Lipinski definition) is 1. The van der Waals surface area contributed by atoms with E-state index >= 15 is 0 Å². The molecule has 17 heavy (non-hydrogen) atoms. The fourth-order valence-electron chi connectivity index (χ4n) is 2.95. The molecule has 3 rings (SSSR count). The molecule has 0 spiro atoms. The normalized spacial score (nSPS) is 18.9. The highest BCUT2D eigenvalue weighted by Crippen LogP contribution is 2.33. The molecule has 1 aliphatic carbocycles. The van der Waals surface area contributed by atoms with Crippen molar-refractivity contribution < 1.29 is 0 Å². The Balaban J connectivity index is 2.08. The lowest BCUT2D eigenvalue weighted by Gasteiger charge is -2.14. The van der Waals surface area contributed by atoms with Crippen molar-refractivity contribution in [2.24, 2.45) is 5.73 Å². The zero-order valence-corrected chi connectivity index (χ0v) is 10.4. The van der Waals surface area contributed by atoms with E-state index in [0.29, 0.717) is 6.04 Å². The Morgan fingerprint density at radius 1 is 1.24 bits per heavy atom. The third kappa shape index (κ3) is 1.87. The summed E-state index contributed by atoms with van der Waals surface area (Å²) in [4.78, 5) is 0. The quantitative estimate of drug-likeness (QED) is 0.833. The van der Waals surface area contributed by atoms with Gasteiger partial charge in [-0.3, -0.25) is 0 Å². The summed E-state index contributed by atoms with van der Waals surface area (Å²) >= 11 is 0. The lowest BCUT2D eigenvalue weighted by molar-refractivity contribution is 0.535. The minimum atomic E-state index is 0.117. The Bertz CT molecular complexity index is 519. The van der Waals surface area contributed by atoms with Crippen LogP contribution < -0.4 is 5.73 Å². The van der Waals surface area contributed by atoms with E-state index in [9.17, 15) is 0 Å². The SMILES string of the molecule is CC(N)c1ccc2ccn(C3CCCC3)c2c1. The molecule has 1 aromatic heterocycles. The summed E-state index contributed by atoms with van der Waals surface area (Å²) in [6, 6.07) is 9.64. The van der Waals surface area contributed by atoms with Crippen LogP contribution in [0.4, 0.5) is 0 Å². The zero-order valence-electron chi connectivity index (χ0n) is 10.4. The minimum Gasteiger partial charge on any atom is -0.344 e. The number of rotatable bonds is 2. The molecule has 1 heterocycles. The number of aromatic nitrogens is 1. The van der Waals surface area contributed by atoms with Gasteiger partial charge in [-0.05, 0) is 42.8 Å². The Labute approximate surface area is 102 Å². The summed E-state index contributed by atoms with van der Waals surface area (Å²) < 4.78 is 2.45. The van der Waals surface area contributed by atoms with Gasteiger partial charge in [-0.15, -0.1) is 0 Å². The first-order valence-corrected chi connectivity index (χ1v) is 6.62. The smallest absolute Gasteiger partial charge is 0.0486 e. The van der Waals surface area contributed by atoms with E-state index in [1.54, 1.807) is 0 Å². The number of fused-ring (bicyclic) bond motifs is 1. The van der Waals surface area contributed by atoms with Crippen LogP contribution in [-0.2, 0) is 0 Å². The highest BCUT2D eigenvalue weighted by Gasteiger charge is 2.18. The van der Waals surface area contributed by atoms with Crippen molar-refractivity contribution in [3.8, 4) is 0 Å². The van der Waals surface area contributed by atoms with Crippen LogP contribution in [0.2, 0.25) is 0 Å². The minimum absolute atomic E-state index is 0.117. The van der Waals surface area contributed by atoms with E-state index in [4.69, 9.17) is 5.73 Å². The highest BCUT2D eigenvalue weighted by molar-refractivity contribution is 5.81. The summed E-state index contributed by atoms with van der Waals surface area (Å²) in [5, 5.41) is 1.33. The van der Waals surface area contributed by atoms with Gasteiger partial charge in [0.2, 0.25) is 0 Å². The molecule has 1 atom stereocenters. The van der Waals surface area contributed by atoms with Crippen molar-refractivity contribution in [2.75, 3.05) is 0 Å². The van der Waals surface area contributed by atoms with Crippen LogP contribution in [-0.4, -0.2) is 4.57 Å². The fraction of sp³-hybridized carbons (Fsp3) is 0.467. The molecule has 1 saturated carbocycles. The number of benzene rings is 1. The largest absolute Gasteiger partial charge is 0.344 e. The fourth-order valence-corrected chi connectivity index (χ4v) is 2.95. The third-order valence-corrected chi connectivity index (χ3v) is 3.99. The van der Waals surface area contributed by atoms with Crippen LogP contribution in [0.3, 0.4) is 0 Å². The molecule has 0 bridgehead atoms. The second-order valence-electron chi connectivity index (χ2n) is 5.27. The molecule has 2 N–H and O–H groups in total. The number of nitrogens with two attached hydrogens (primary N) is 1. The Morgan fingerprint density at radius 2 is 2.00 bits per heavy atom. The topological polar surface area (TPSA) is 30.9 Å². The molecule has 0 aliphatic heterocycles. The molecule has 2 nitrogen and oxygen atoms in total. The predicted octanol–water partition coefficient (Wildman–Crippen LogP) is 3.78. The summed E-state index contributed by atoms with van der Waals surface area (Å²) in [5.74, 6) is 0. The Kier molecular flexibility index (Phi) is 2.67. The number of nitrogens with zero attached hydrogens (tertiary/aromatic N) is 1. The molecule has 2 heteroatoms. The van der Waals surface area contributed by atoms with Gasteiger partial charge in [0.1, 0.15) is 0 Å². The van der Waals surface area contributed by atoms with Gasteiger partial charge in [-0.25, -0.2) is 0 Å². The van der Waals surface area contributed by atoms with Crippen molar-refractivity contribution >= 4 is 10.9 Å². The molecule has 1 aliphatic rings.